The highest BCUT2D eigenvalue weighted by molar-refractivity contribution is 6.76. The lowest BCUT2D eigenvalue weighted by Crippen LogP contribution is -2.35. The Hall–Kier alpha value is -1.47. The van der Waals surface area contributed by atoms with Gasteiger partial charge in [-0.05, 0) is 25.5 Å². The zero-order valence-corrected chi connectivity index (χ0v) is 17.1. The topological polar surface area (TPSA) is 74.2 Å². The van der Waals surface area contributed by atoms with Gasteiger partial charge in [-0.25, -0.2) is 4.79 Å². The van der Waals surface area contributed by atoms with Gasteiger partial charge in [-0.1, -0.05) is 33.0 Å². The van der Waals surface area contributed by atoms with E-state index in [0.29, 0.717) is 19.8 Å². The van der Waals surface area contributed by atoms with E-state index in [-0.39, 0.29) is 18.1 Å². The van der Waals surface area contributed by atoms with Crippen LogP contribution < -0.4 is 0 Å². The number of Topliss-reactive ketones (excluding diaryl/α,β-unsaturated/α-hetero) is 1. The van der Waals surface area contributed by atoms with E-state index < -0.39 is 25.9 Å². The van der Waals surface area contributed by atoms with Crippen molar-refractivity contribution < 1.29 is 23.8 Å². The van der Waals surface area contributed by atoms with Gasteiger partial charge in [-0.2, -0.15) is 0 Å². The minimum atomic E-state index is -1.16. The molecule has 6 nitrogen and oxygen atoms in total. The molecule has 7 heteroatoms. The number of allylic oxidation sites excluding steroid dienone is 1. The van der Waals surface area contributed by atoms with Gasteiger partial charge in [0, 0.05) is 14.7 Å². The number of carbonyl (C=O) groups is 2. The summed E-state index contributed by atoms with van der Waals surface area (Å²) in [6.45, 7) is 12.2. The maximum Gasteiger partial charge on any atom is 0.360 e. The second-order valence-corrected chi connectivity index (χ2v) is 12.8. The van der Waals surface area contributed by atoms with Gasteiger partial charge in [0.15, 0.2) is 11.5 Å². The molecule has 1 rings (SSSR count). The van der Waals surface area contributed by atoms with E-state index in [1.165, 1.54) is 0 Å². The summed E-state index contributed by atoms with van der Waals surface area (Å²) in [4.78, 5) is 28.6. The van der Waals surface area contributed by atoms with Gasteiger partial charge in [-0.15, -0.1) is 0 Å². The molecule has 1 aliphatic heterocycles. The minimum Gasteiger partial charge on any atom is -0.490 e. The summed E-state index contributed by atoms with van der Waals surface area (Å²) in [6, 6.07) is 0.645. The van der Waals surface area contributed by atoms with Crippen molar-refractivity contribution in [1.82, 2.24) is 0 Å². The van der Waals surface area contributed by atoms with E-state index in [4.69, 9.17) is 14.2 Å². The van der Waals surface area contributed by atoms with Gasteiger partial charge in [-0.3, -0.25) is 9.79 Å². The van der Waals surface area contributed by atoms with Crippen LogP contribution in [-0.4, -0.2) is 58.0 Å². The summed E-state index contributed by atoms with van der Waals surface area (Å²) < 4.78 is 16.2. The zero-order valence-electron chi connectivity index (χ0n) is 16.1. The Labute approximate surface area is 151 Å². The summed E-state index contributed by atoms with van der Waals surface area (Å²) in [5, 5.41) is 0. The van der Waals surface area contributed by atoms with E-state index in [2.05, 4.69) is 24.6 Å². The third-order valence-corrected chi connectivity index (χ3v) is 5.29. The molecule has 0 aliphatic carbocycles. The number of nitrogens with zero attached hydrogens (tertiary/aromatic N) is 1. The van der Waals surface area contributed by atoms with Crippen molar-refractivity contribution in [1.29, 1.82) is 0 Å². The van der Waals surface area contributed by atoms with Crippen LogP contribution in [-0.2, 0) is 23.8 Å². The van der Waals surface area contributed by atoms with Crippen LogP contribution >= 0.6 is 0 Å². The quantitative estimate of drug-likeness (QED) is 0.318. The molecule has 1 unspecified atom stereocenters. The molecular weight excluding hydrogens is 338 g/mol. The fraction of sp³-hybridized carbons (Fsp3) is 0.722. The van der Waals surface area contributed by atoms with E-state index in [1.54, 1.807) is 13.0 Å². The molecule has 0 aromatic rings. The Bertz CT molecular complexity index is 522. The van der Waals surface area contributed by atoms with Gasteiger partial charge >= 0.3 is 5.97 Å². The van der Waals surface area contributed by atoms with Crippen LogP contribution in [0, 0.1) is 0 Å². The first-order chi connectivity index (χ1) is 11.8. The number of hydrogen-bond donors (Lipinski definition) is 0. The Balaban J connectivity index is 2.75. The van der Waals surface area contributed by atoms with Crippen LogP contribution in [0.3, 0.4) is 0 Å². The molecule has 0 N–H and O–H groups in total. The highest BCUT2D eigenvalue weighted by atomic mass is 28.3. The summed E-state index contributed by atoms with van der Waals surface area (Å²) in [5.74, 6) is -1.04. The average Bonchev–Trinajstić information content (AvgIpc) is 2.53. The monoisotopic (exact) mass is 369 g/mol. The number of esters is 1. The molecule has 0 aromatic carbocycles. The van der Waals surface area contributed by atoms with Gasteiger partial charge in [0.2, 0.25) is 0 Å². The first kappa shape index (κ1) is 21.6. The number of ketones is 1. The second-order valence-electron chi connectivity index (χ2n) is 7.21. The Morgan fingerprint density at radius 1 is 1.24 bits per heavy atom. The maximum atomic E-state index is 12.4. The molecule has 1 aliphatic rings. The third-order valence-electron chi connectivity index (χ3n) is 3.59. The van der Waals surface area contributed by atoms with Crippen molar-refractivity contribution in [2.45, 2.75) is 58.4 Å². The number of ether oxygens (including phenoxy) is 3. The molecule has 0 amide bonds. The van der Waals surface area contributed by atoms with E-state index >= 15 is 0 Å². The number of dihydropyridines is 1. The molecule has 1 heterocycles. The Kier molecular flexibility index (Phi) is 9.06. The second kappa shape index (κ2) is 10.5. The molecule has 25 heavy (non-hydrogen) atoms. The summed E-state index contributed by atoms with van der Waals surface area (Å²) >= 11 is 0. The molecule has 1 atom stereocenters. The van der Waals surface area contributed by atoms with E-state index in [9.17, 15) is 9.59 Å². The van der Waals surface area contributed by atoms with E-state index in [0.717, 1.165) is 18.9 Å². The summed E-state index contributed by atoms with van der Waals surface area (Å²) in [6.07, 6.45) is 3.45. The van der Waals surface area contributed by atoms with Crippen LogP contribution in [0.25, 0.3) is 0 Å². The normalized spacial score (nSPS) is 17.8. The fourth-order valence-corrected chi connectivity index (χ4v) is 2.84. The molecular formula is C18H31NO5Si. The van der Waals surface area contributed by atoms with Crippen molar-refractivity contribution in [3.63, 3.8) is 0 Å². The predicted octanol–water partition coefficient (Wildman–Crippen LogP) is 3.00. The van der Waals surface area contributed by atoms with Crippen LogP contribution in [0.4, 0.5) is 0 Å². The summed E-state index contributed by atoms with van der Waals surface area (Å²) in [7, 11) is -1.16. The number of carbonyl (C=O) groups excluding carboxylic acids is 2. The van der Waals surface area contributed by atoms with Crippen molar-refractivity contribution in [3.8, 4) is 0 Å². The van der Waals surface area contributed by atoms with Gasteiger partial charge in [0.05, 0.1) is 25.9 Å². The van der Waals surface area contributed by atoms with Gasteiger partial charge in [0.1, 0.15) is 0 Å². The molecule has 0 aromatic heterocycles. The molecule has 0 fully saturated rings. The van der Waals surface area contributed by atoms with Crippen molar-refractivity contribution in [2.75, 3.05) is 26.4 Å². The third kappa shape index (κ3) is 7.96. The van der Waals surface area contributed by atoms with Crippen LogP contribution in [0.2, 0.25) is 25.7 Å². The molecule has 0 spiro atoms. The van der Waals surface area contributed by atoms with Gasteiger partial charge in [0.25, 0.3) is 5.78 Å². The maximum absolute atomic E-state index is 12.4. The lowest BCUT2D eigenvalue weighted by atomic mass is 10.1. The van der Waals surface area contributed by atoms with Crippen LogP contribution in [0.1, 0.15) is 26.7 Å². The molecule has 0 saturated heterocycles. The Morgan fingerprint density at radius 3 is 2.56 bits per heavy atom. The largest absolute Gasteiger partial charge is 0.490 e. The smallest absolute Gasteiger partial charge is 0.360 e. The summed E-state index contributed by atoms with van der Waals surface area (Å²) in [5.41, 5.74) is -0.199. The standard InChI is InChI=1S/C18H31NO5Si/c1-6-8-9-24-15-12-14(13-22-10-11-25(3,4)5)19-16(17(15)20)18(21)23-7-2/h12,14H,6-11,13H2,1-5H3. The molecule has 0 saturated carbocycles. The zero-order chi connectivity index (χ0) is 18.9. The average molecular weight is 370 g/mol. The van der Waals surface area contributed by atoms with Crippen molar-refractivity contribution >= 4 is 25.5 Å². The molecule has 142 valence electrons. The van der Waals surface area contributed by atoms with Crippen molar-refractivity contribution in [3.05, 3.63) is 11.8 Å². The van der Waals surface area contributed by atoms with Crippen LogP contribution in [0.5, 0.6) is 0 Å². The van der Waals surface area contributed by atoms with E-state index in [1.807, 2.05) is 6.92 Å². The minimum absolute atomic E-state index is 0.172. The SMILES string of the molecule is CCCCOC1=CC(COCC[Si](C)(C)C)N=C(C(=O)OCC)C1=O. The lowest BCUT2D eigenvalue weighted by molar-refractivity contribution is -0.135. The Morgan fingerprint density at radius 2 is 1.96 bits per heavy atom. The first-order valence-electron chi connectivity index (χ1n) is 9.00. The molecule has 0 bridgehead atoms. The first-order valence-corrected chi connectivity index (χ1v) is 12.7. The highest BCUT2D eigenvalue weighted by Crippen LogP contribution is 2.15. The fourth-order valence-electron chi connectivity index (χ4n) is 2.08. The van der Waals surface area contributed by atoms with Crippen LogP contribution in [0.15, 0.2) is 16.8 Å². The highest BCUT2D eigenvalue weighted by Gasteiger charge is 2.31. The number of rotatable bonds is 11. The molecule has 0 radical (unpaired) electrons. The predicted molar refractivity (Wildman–Crippen MR) is 101 cm³/mol. The number of aliphatic imine (C=N–C) groups is 1. The van der Waals surface area contributed by atoms with Gasteiger partial charge < -0.3 is 14.2 Å². The number of unbranched alkanes of at least 4 members (excludes halogenated alkanes) is 1. The lowest BCUT2D eigenvalue weighted by Gasteiger charge is -2.20. The number of hydrogen-bond acceptors (Lipinski definition) is 6. The van der Waals surface area contributed by atoms with Crippen molar-refractivity contribution in [2.24, 2.45) is 4.99 Å².